The van der Waals surface area contributed by atoms with Gasteiger partial charge in [0.2, 0.25) is 5.91 Å². The van der Waals surface area contributed by atoms with E-state index in [0.717, 1.165) is 25.7 Å². The first kappa shape index (κ1) is 18.9. The van der Waals surface area contributed by atoms with Crippen molar-refractivity contribution in [1.82, 2.24) is 5.32 Å². The average molecular weight is 313 g/mol. The number of ether oxygens (including phenoxy) is 1. The van der Waals surface area contributed by atoms with E-state index in [1.165, 1.54) is 0 Å². The molecule has 0 radical (unpaired) electrons. The van der Waals surface area contributed by atoms with Gasteiger partial charge in [0.05, 0.1) is 5.60 Å². The predicted molar refractivity (Wildman–Crippen MR) is 85.6 cm³/mol. The zero-order chi connectivity index (χ0) is 17.0. The number of carbonyl (C=O) groups excluding carboxylic acids is 1. The van der Waals surface area contributed by atoms with Crippen LogP contribution in [0.2, 0.25) is 0 Å². The summed E-state index contributed by atoms with van der Waals surface area (Å²) in [6.45, 7) is 10.4. The van der Waals surface area contributed by atoms with Gasteiger partial charge in [-0.05, 0) is 45.4 Å². The lowest BCUT2D eigenvalue weighted by molar-refractivity contribution is -0.143. The van der Waals surface area contributed by atoms with Gasteiger partial charge in [-0.15, -0.1) is 0 Å². The van der Waals surface area contributed by atoms with Gasteiger partial charge in [0.25, 0.3) is 0 Å². The maximum atomic E-state index is 12.3. The third-order valence-corrected chi connectivity index (χ3v) is 4.13. The molecule has 0 aromatic carbocycles. The molecule has 0 spiro atoms. The highest BCUT2D eigenvalue weighted by Gasteiger charge is 2.33. The van der Waals surface area contributed by atoms with Crippen molar-refractivity contribution in [1.29, 1.82) is 0 Å². The molecule has 22 heavy (non-hydrogen) atoms. The molecule has 0 saturated heterocycles. The third kappa shape index (κ3) is 6.77. The van der Waals surface area contributed by atoms with Gasteiger partial charge in [0, 0.05) is 18.9 Å². The molecule has 0 aromatic heterocycles. The molecule has 1 amide bonds. The van der Waals surface area contributed by atoms with Gasteiger partial charge in [0.1, 0.15) is 6.04 Å². The summed E-state index contributed by atoms with van der Waals surface area (Å²) >= 11 is 0. The molecule has 1 saturated carbocycles. The molecule has 2 unspecified atom stereocenters. The first-order chi connectivity index (χ1) is 10.0. The summed E-state index contributed by atoms with van der Waals surface area (Å²) in [5, 5.41) is 12.0. The minimum absolute atomic E-state index is 0.0749. The minimum Gasteiger partial charge on any atom is -0.480 e. The maximum Gasteiger partial charge on any atom is 0.326 e. The highest BCUT2D eigenvalue weighted by Crippen LogP contribution is 2.38. The summed E-state index contributed by atoms with van der Waals surface area (Å²) in [4.78, 5) is 23.7. The van der Waals surface area contributed by atoms with Crippen LogP contribution in [0, 0.1) is 11.3 Å². The van der Waals surface area contributed by atoms with E-state index in [2.05, 4.69) is 19.2 Å². The molecule has 2 atom stereocenters. The van der Waals surface area contributed by atoms with E-state index in [0.29, 0.717) is 6.61 Å². The van der Waals surface area contributed by atoms with Crippen molar-refractivity contribution in [3.63, 3.8) is 0 Å². The van der Waals surface area contributed by atoms with Crippen LogP contribution < -0.4 is 5.32 Å². The second kappa shape index (κ2) is 7.44. The highest BCUT2D eigenvalue weighted by molar-refractivity contribution is 5.85. The Morgan fingerprint density at radius 2 is 2.00 bits per heavy atom. The fourth-order valence-electron chi connectivity index (χ4n) is 2.95. The van der Waals surface area contributed by atoms with Crippen LogP contribution in [0.5, 0.6) is 0 Å². The summed E-state index contributed by atoms with van der Waals surface area (Å²) in [6, 6.07) is -0.875. The van der Waals surface area contributed by atoms with E-state index in [1.54, 1.807) is 0 Å². The molecule has 1 rings (SSSR count). The van der Waals surface area contributed by atoms with Crippen LogP contribution in [0.1, 0.15) is 66.7 Å². The van der Waals surface area contributed by atoms with Gasteiger partial charge in [-0.1, -0.05) is 20.3 Å². The van der Waals surface area contributed by atoms with E-state index in [4.69, 9.17) is 4.74 Å². The molecule has 0 heterocycles. The Hall–Kier alpha value is -1.10. The third-order valence-electron chi connectivity index (χ3n) is 4.13. The monoisotopic (exact) mass is 313 g/mol. The number of hydrogen-bond acceptors (Lipinski definition) is 3. The number of carboxylic acid groups (broad SMARTS) is 1. The van der Waals surface area contributed by atoms with Crippen LogP contribution in [-0.2, 0) is 14.3 Å². The second-order valence-electron chi connectivity index (χ2n) is 8.11. The molecule has 1 aliphatic carbocycles. The number of rotatable bonds is 6. The summed E-state index contributed by atoms with van der Waals surface area (Å²) in [6.07, 6.45) is 4.10. The van der Waals surface area contributed by atoms with Crippen molar-refractivity contribution in [3.8, 4) is 0 Å². The zero-order valence-electron chi connectivity index (χ0n) is 14.6. The lowest BCUT2D eigenvalue weighted by Crippen LogP contribution is -2.46. The summed E-state index contributed by atoms with van der Waals surface area (Å²) < 4.78 is 5.56. The second-order valence-corrected chi connectivity index (χ2v) is 8.11. The number of amides is 1. The largest absolute Gasteiger partial charge is 0.480 e. The average Bonchev–Trinajstić information content (AvgIpc) is 2.34. The lowest BCUT2D eigenvalue weighted by Gasteiger charge is -2.34. The van der Waals surface area contributed by atoms with E-state index in [9.17, 15) is 14.7 Å². The Morgan fingerprint density at radius 3 is 2.50 bits per heavy atom. The Morgan fingerprint density at radius 1 is 1.36 bits per heavy atom. The maximum absolute atomic E-state index is 12.3. The fourth-order valence-corrected chi connectivity index (χ4v) is 2.95. The molecular formula is C17H31NO4. The van der Waals surface area contributed by atoms with Crippen molar-refractivity contribution in [2.24, 2.45) is 11.3 Å². The van der Waals surface area contributed by atoms with Crippen LogP contribution in [0.4, 0.5) is 0 Å². The Labute approximate surface area is 133 Å². The number of carbonyl (C=O) groups is 2. The van der Waals surface area contributed by atoms with Crippen molar-refractivity contribution < 1.29 is 19.4 Å². The van der Waals surface area contributed by atoms with Gasteiger partial charge in [0.15, 0.2) is 0 Å². The number of nitrogens with one attached hydrogen (secondary N) is 1. The molecular weight excluding hydrogens is 282 g/mol. The Kier molecular flexibility index (Phi) is 6.41. The molecule has 1 fully saturated rings. The van der Waals surface area contributed by atoms with E-state index >= 15 is 0 Å². The molecule has 5 nitrogen and oxygen atoms in total. The van der Waals surface area contributed by atoms with Crippen molar-refractivity contribution in [3.05, 3.63) is 0 Å². The Bertz CT molecular complexity index is 398. The number of carboxylic acids is 1. The normalized spacial score (nSPS) is 22.9. The van der Waals surface area contributed by atoms with Crippen molar-refractivity contribution in [2.75, 3.05) is 6.61 Å². The molecule has 0 aliphatic heterocycles. The first-order valence-electron chi connectivity index (χ1n) is 8.17. The minimum atomic E-state index is -0.999. The highest BCUT2D eigenvalue weighted by atomic mass is 16.5. The van der Waals surface area contributed by atoms with E-state index in [-0.39, 0.29) is 29.3 Å². The number of hydrogen-bond donors (Lipinski definition) is 2. The van der Waals surface area contributed by atoms with E-state index in [1.807, 2.05) is 20.8 Å². The summed E-state index contributed by atoms with van der Waals surface area (Å²) in [7, 11) is 0. The Balaban J connectivity index is 2.52. The molecule has 5 heteroatoms. The van der Waals surface area contributed by atoms with Crippen LogP contribution >= 0.6 is 0 Å². The number of aliphatic carboxylic acids is 1. The molecule has 128 valence electrons. The van der Waals surface area contributed by atoms with Crippen LogP contribution in [0.3, 0.4) is 0 Å². The van der Waals surface area contributed by atoms with Gasteiger partial charge >= 0.3 is 5.97 Å². The smallest absolute Gasteiger partial charge is 0.326 e. The summed E-state index contributed by atoms with van der Waals surface area (Å²) in [5.41, 5.74) is -0.144. The van der Waals surface area contributed by atoms with Gasteiger partial charge in [-0.25, -0.2) is 4.79 Å². The van der Waals surface area contributed by atoms with Gasteiger partial charge in [-0.3, -0.25) is 4.79 Å². The fraction of sp³-hybridized carbons (Fsp3) is 0.882. The van der Waals surface area contributed by atoms with Crippen molar-refractivity contribution >= 4 is 11.9 Å². The molecule has 2 N–H and O–H groups in total. The SMILES string of the molecule is CC1(C)CCCC(C(=O)NC(CCOC(C)(C)C)C(=O)O)C1. The first-order valence-corrected chi connectivity index (χ1v) is 8.17. The predicted octanol–water partition coefficient (Wildman–Crippen LogP) is 2.98. The van der Waals surface area contributed by atoms with Crippen LogP contribution in [0.15, 0.2) is 0 Å². The zero-order valence-corrected chi connectivity index (χ0v) is 14.6. The van der Waals surface area contributed by atoms with E-state index < -0.39 is 12.0 Å². The molecule has 0 bridgehead atoms. The quantitative estimate of drug-likeness (QED) is 0.790. The molecule has 0 aromatic rings. The van der Waals surface area contributed by atoms with Gasteiger partial charge < -0.3 is 15.2 Å². The van der Waals surface area contributed by atoms with Crippen LogP contribution in [0.25, 0.3) is 0 Å². The van der Waals surface area contributed by atoms with Crippen LogP contribution in [-0.4, -0.2) is 35.2 Å². The molecule has 1 aliphatic rings. The van der Waals surface area contributed by atoms with Gasteiger partial charge in [-0.2, -0.15) is 0 Å². The standard InChI is InChI=1S/C17H31NO4/c1-16(2,3)22-10-8-13(15(20)21)18-14(19)12-7-6-9-17(4,5)11-12/h12-13H,6-11H2,1-5H3,(H,18,19)(H,20,21). The summed E-state index contributed by atoms with van der Waals surface area (Å²) in [5.74, 6) is -1.20. The van der Waals surface area contributed by atoms with Crippen molar-refractivity contribution in [2.45, 2.75) is 78.4 Å². The lowest BCUT2D eigenvalue weighted by atomic mass is 9.72. The topological polar surface area (TPSA) is 75.6 Å².